The number of primary amides is 1. The Morgan fingerprint density at radius 1 is 1.23 bits per heavy atom. The number of hydrogen-bond donors (Lipinski definition) is 2. The number of nitrogens with two attached hydrogens (primary N) is 1. The van der Waals surface area contributed by atoms with Gasteiger partial charge in [-0.2, -0.15) is 0 Å². The normalized spacial score (nSPS) is 29.2. The number of hydrogen-bond acceptors (Lipinski definition) is 4. The van der Waals surface area contributed by atoms with Gasteiger partial charge in [0.15, 0.2) is 0 Å². The lowest BCUT2D eigenvalue weighted by Crippen LogP contribution is -2.56. The molecule has 2 aliphatic rings. The van der Waals surface area contributed by atoms with E-state index in [1.807, 2.05) is 0 Å². The molecule has 5 heteroatoms. The maximum absolute atomic E-state index is 11.6. The summed E-state index contributed by atoms with van der Waals surface area (Å²) in [6, 6.07) is 8.74. The zero-order valence-electron chi connectivity index (χ0n) is 16.2. The molecule has 5 nitrogen and oxygen atoms in total. The van der Waals surface area contributed by atoms with Crippen molar-refractivity contribution in [3.8, 4) is 0 Å². The lowest BCUT2D eigenvalue weighted by molar-refractivity contribution is -0.136. The lowest BCUT2D eigenvalue weighted by atomic mass is 9.66. The Morgan fingerprint density at radius 3 is 2.54 bits per heavy atom. The van der Waals surface area contributed by atoms with Crippen LogP contribution >= 0.6 is 0 Å². The number of amides is 1. The van der Waals surface area contributed by atoms with Crippen molar-refractivity contribution >= 4 is 11.6 Å². The van der Waals surface area contributed by atoms with Crippen LogP contribution in [0, 0.1) is 5.92 Å². The highest BCUT2D eigenvalue weighted by molar-refractivity contribution is 5.76. The minimum atomic E-state index is -0.603. The molecule has 144 valence electrons. The van der Waals surface area contributed by atoms with Crippen LogP contribution < -0.4 is 10.6 Å². The van der Waals surface area contributed by atoms with Gasteiger partial charge in [-0.3, -0.25) is 9.69 Å². The summed E-state index contributed by atoms with van der Waals surface area (Å²) in [5, 5.41) is 11.2. The van der Waals surface area contributed by atoms with Crippen molar-refractivity contribution in [2.45, 2.75) is 57.6 Å². The van der Waals surface area contributed by atoms with Crippen molar-refractivity contribution in [2.24, 2.45) is 11.7 Å². The van der Waals surface area contributed by atoms with Gasteiger partial charge in [0.25, 0.3) is 0 Å². The second-order valence-corrected chi connectivity index (χ2v) is 7.85. The van der Waals surface area contributed by atoms with Crippen molar-refractivity contribution in [1.29, 1.82) is 0 Å². The SMILES string of the molecule is CCN(CC)c1ccc([C@@H]2[C@H]3CCCC[C@]3(O)CCN2CC(N)=O)cc1. The maximum Gasteiger partial charge on any atom is 0.231 e. The van der Waals surface area contributed by atoms with Crippen molar-refractivity contribution < 1.29 is 9.90 Å². The topological polar surface area (TPSA) is 69.8 Å². The summed E-state index contributed by atoms with van der Waals surface area (Å²) in [5.74, 6) is -0.125. The van der Waals surface area contributed by atoms with Crippen LogP contribution in [0.3, 0.4) is 0 Å². The van der Waals surface area contributed by atoms with E-state index in [2.05, 4.69) is 47.9 Å². The van der Waals surface area contributed by atoms with E-state index in [0.29, 0.717) is 0 Å². The number of fused-ring (bicyclic) bond motifs is 1. The molecule has 1 aromatic carbocycles. The van der Waals surface area contributed by atoms with Gasteiger partial charge in [0.1, 0.15) is 0 Å². The smallest absolute Gasteiger partial charge is 0.231 e. The zero-order chi connectivity index (χ0) is 18.7. The fourth-order valence-electron chi connectivity index (χ4n) is 5.03. The van der Waals surface area contributed by atoms with E-state index < -0.39 is 5.60 Å². The van der Waals surface area contributed by atoms with E-state index in [1.165, 1.54) is 11.3 Å². The summed E-state index contributed by atoms with van der Waals surface area (Å²) in [4.78, 5) is 16.1. The largest absolute Gasteiger partial charge is 0.389 e. The van der Waals surface area contributed by atoms with Gasteiger partial charge in [0, 0.05) is 37.3 Å². The van der Waals surface area contributed by atoms with Gasteiger partial charge in [0.2, 0.25) is 5.91 Å². The number of aliphatic hydroxyl groups is 1. The third-order valence-corrected chi connectivity index (χ3v) is 6.39. The fraction of sp³-hybridized carbons (Fsp3) is 0.667. The lowest BCUT2D eigenvalue weighted by Gasteiger charge is -2.52. The number of nitrogens with zero attached hydrogens (tertiary/aromatic N) is 2. The summed E-state index contributed by atoms with van der Waals surface area (Å²) in [5.41, 5.74) is 7.32. The Hall–Kier alpha value is -1.59. The van der Waals surface area contributed by atoms with E-state index >= 15 is 0 Å². The Balaban J connectivity index is 1.91. The average molecular weight is 360 g/mol. The van der Waals surface area contributed by atoms with Crippen molar-refractivity contribution in [1.82, 2.24) is 4.90 Å². The third-order valence-electron chi connectivity index (χ3n) is 6.39. The minimum Gasteiger partial charge on any atom is -0.389 e. The molecule has 3 atom stereocenters. The van der Waals surface area contributed by atoms with Gasteiger partial charge in [-0.1, -0.05) is 25.0 Å². The third kappa shape index (κ3) is 3.74. The molecule has 0 bridgehead atoms. The molecular formula is C21H33N3O2. The molecule has 1 saturated carbocycles. The van der Waals surface area contributed by atoms with Crippen molar-refractivity contribution in [2.75, 3.05) is 31.1 Å². The Bertz CT molecular complexity index is 614. The Labute approximate surface area is 157 Å². The fourth-order valence-corrected chi connectivity index (χ4v) is 5.03. The highest BCUT2D eigenvalue weighted by Gasteiger charge is 2.49. The van der Waals surface area contributed by atoms with Crippen LogP contribution in [0.15, 0.2) is 24.3 Å². The number of carbonyl (C=O) groups is 1. The van der Waals surface area contributed by atoms with E-state index in [0.717, 1.165) is 51.7 Å². The monoisotopic (exact) mass is 359 g/mol. The summed E-state index contributed by atoms with van der Waals surface area (Å²) in [6.07, 6.45) is 4.85. The molecule has 1 aliphatic carbocycles. The molecule has 1 aromatic rings. The second-order valence-electron chi connectivity index (χ2n) is 7.85. The number of anilines is 1. The van der Waals surface area contributed by atoms with Gasteiger partial charge < -0.3 is 15.7 Å². The standard InChI is InChI=1S/C21H33N3O2/c1-3-23(4-2)17-10-8-16(9-11-17)20-18-7-5-6-12-21(18,26)13-14-24(20)15-19(22)25/h8-11,18,20,26H,3-7,12-15H2,1-2H3,(H2,22,25)/t18-,20-,21+/m1/s1. The zero-order valence-corrected chi connectivity index (χ0v) is 16.2. The first-order valence-corrected chi connectivity index (χ1v) is 10.1. The Morgan fingerprint density at radius 2 is 1.92 bits per heavy atom. The average Bonchev–Trinajstić information content (AvgIpc) is 2.63. The van der Waals surface area contributed by atoms with Crippen molar-refractivity contribution in [3.63, 3.8) is 0 Å². The second kappa shape index (κ2) is 7.97. The van der Waals surface area contributed by atoms with E-state index in [1.54, 1.807) is 0 Å². The molecule has 26 heavy (non-hydrogen) atoms. The molecule has 0 spiro atoms. The van der Waals surface area contributed by atoms with Crippen LogP contribution in [0.5, 0.6) is 0 Å². The summed E-state index contributed by atoms with van der Waals surface area (Å²) >= 11 is 0. The summed E-state index contributed by atoms with van der Waals surface area (Å²) < 4.78 is 0. The van der Waals surface area contributed by atoms with Crippen LogP contribution in [0.4, 0.5) is 5.69 Å². The summed E-state index contributed by atoms with van der Waals surface area (Å²) in [7, 11) is 0. The molecule has 3 N–H and O–H groups in total. The molecule has 0 aromatic heterocycles. The molecule has 0 radical (unpaired) electrons. The van der Waals surface area contributed by atoms with Gasteiger partial charge in [-0.05, 0) is 50.8 Å². The summed E-state index contributed by atoms with van der Waals surface area (Å²) in [6.45, 7) is 7.27. The number of likely N-dealkylation sites (tertiary alicyclic amines) is 1. The van der Waals surface area contributed by atoms with Crippen LogP contribution in [0.1, 0.15) is 57.6 Å². The molecular weight excluding hydrogens is 326 g/mol. The molecule has 0 unspecified atom stereocenters. The van der Waals surface area contributed by atoms with Gasteiger partial charge in [-0.15, -0.1) is 0 Å². The minimum absolute atomic E-state index is 0.0623. The predicted molar refractivity (Wildman–Crippen MR) is 105 cm³/mol. The van der Waals surface area contributed by atoms with Gasteiger partial charge in [-0.25, -0.2) is 0 Å². The van der Waals surface area contributed by atoms with E-state index in [9.17, 15) is 9.90 Å². The van der Waals surface area contributed by atoms with Crippen LogP contribution in [0.25, 0.3) is 0 Å². The number of carbonyl (C=O) groups excluding carboxylic acids is 1. The van der Waals surface area contributed by atoms with E-state index in [4.69, 9.17) is 5.73 Å². The van der Waals surface area contributed by atoms with Crippen molar-refractivity contribution in [3.05, 3.63) is 29.8 Å². The first kappa shape index (κ1) is 19.2. The molecule has 1 amide bonds. The molecule has 1 heterocycles. The molecule has 1 aliphatic heterocycles. The highest BCUT2D eigenvalue weighted by Crippen LogP contribution is 2.49. The number of rotatable bonds is 6. The van der Waals surface area contributed by atoms with E-state index in [-0.39, 0.29) is 24.4 Å². The van der Waals surface area contributed by atoms with Crippen LogP contribution in [0.2, 0.25) is 0 Å². The number of benzene rings is 1. The quantitative estimate of drug-likeness (QED) is 0.819. The maximum atomic E-state index is 11.6. The van der Waals surface area contributed by atoms with Crippen LogP contribution in [-0.2, 0) is 4.79 Å². The van der Waals surface area contributed by atoms with Gasteiger partial charge in [0.05, 0.1) is 12.1 Å². The molecule has 3 rings (SSSR count). The Kier molecular flexibility index (Phi) is 5.88. The predicted octanol–water partition coefficient (Wildman–Crippen LogP) is 2.69. The first-order chi connectivity index (χ1) is 12.5. The van der Waals surface area contributed by atoms with Crippen LogP contribution in [-0.4, -0.2) is 47.7 Å². The van der Waals surface area contributed by atoms with Gasteiger partial charge >= 0.3 is 0 Å². The highest BCUT2D eigenvalue weighted by atomic mass is 16.3. The molecule has 2 fully saturated rings. The molecule has 1 saturated heterocycles. The number of piperidine rings is 1. The first-order valence-electron chi connectivity index (χ1n) is 10.1.